The van der Waals surface area contributed by atoms with Crippen molar-refractivity contribution in [2.45, 2.75) is 38.6 Å². The molecule has 1 unspecified atom stereocenters. The van der Waals surface area contributed by atoms with Gasteiger partial charge in [0.15, 0.2) is 0 Å². The van der Waals surface area contributed by atoms with E-state index in [0.717, 1.165) is 30.9 Å². The van der Waals surface area contributed by atoms with Gasteiger partial charge in [-0.15, -0.1) is 0 Å². The lowest BCUT2D eigenvalue weighted by Gasteiger charge is -2.34. The monoisotopic (exact) mass is 281 g/mol. The normalized spacial score (nSPS) is 15.0. The van der Waals surface area contributed by atoms with Gasteiger partial charge in [0.1, 0.15) is 11.5 Å². The van der Waals surface area contributed by atoms with Gasteiger partial charge in [-0.3, -0.25) is 0 Å². The molecule has 0 aliphatic carbocycles. The van der Waals surface area contributed by atoms with Gasteiger partial charge in [0.05, 0.1) is 0 Å². The molecule has 2 heteroatoms. The summed E-state index contributed by atoms with van der Waals surface area (Å²) in [6, 6.07) is 17.3. The number of para-hydroxylation sites is 2. The van der Waals surface area contributed by atoms with Crippen molar-refractivity contribution in [1.29, 1.82) is 0 Å². The van der Waals surface area contributed by atoms with Crippen LogP contribution in [0.4, 0.5) is 0 Å². The third-order valence-electron chi connectivity index (χ3n) is 4.23. The summed E-state index contributed by atoms with van der Waals surface area (Å²) < 4.78 is 6.08. The molecular weight excluding hydrogens is 258 g/mol. The van der Waals surface area contributed by atoms with Crippen LogP contribution in [0.5, 0.6) is 11.5 Å². The molecular formula is C19H23NO. The molecule has 0 saturated heterocycles. The first-order chi connectivity index (χ1) is 10.3. The molecule has 2 aromatic rings. The molecule has 1 aliphatic rings. The fourth-order valence-corrected chi connectivity index (χ4v) is 3.21. The van der Waals surface area contributed by atoms with Crippen LogP contribution in [0.1, 0.15) is 43.7 Å². The summed E-state index contributed by atoms with van der Waals surface area (Å²) in [4.78, 5) is 0. The lowest BCUT2D eigenvalue weighted by atomic mass is 9.81. The molecule has 1 heterocycles. The number of hydrogen-bond acceptors (Lipinski definition) is 2. The first kappa shape index (κ1) is 14.2. The summed E-state index contributed by atoms with van der Waals surface area (Å²) in [5.74, 6) is 2.36. The molecule has 1 atom stereocenters. The van der Waals surface area contributed by atoms with Crippen molar-refractivity contribution < 1.29 is 4.74 Å². The van der Waals surface area contributed by atoms with Crippen molar-refractivity contribution in [3.8, 4) is 11.5 Å². The van der Waals surface area contributed by atoms with E-state index >= 15 is 0 Å². The van der Waals surface area contributed by atoms with Gasteiger partial charge in [-0.1, -0.05) is 50.2 Å². The second-order valence-electron chi connectivity index (χ2n) is 5.62. The lowest BCUT2D eigenvalue weighted by Crippen LogP contribution is -2.36. The maximum atomic E-state index is 6.08. The number of nitrogens with one attached hydrogen (secondary N) is 1. The minimum atomic E-state index is 0.364. The maximum Gasteiger partial charge on any atom is 0.131 e. The number of hydrogen-bond donors (Lipinski definition) is 1. The van der Waals surface area contributed by atoms with E-state index in [4.69, 9.17) is 4.74 Å². The minimum absolute atomic E-state index is 0.364. The highest BCUT2D eigenvalue weighted by Crippen LogP contribution is 2.45. The number of benzene rings is 2. The molecule has 0 saturated carbocycles. The van der Waals surface area contributed by atoms with Crippen LogP contribution in [-0.2, 0) is 0 Å². The van der Waals surface area contributed by atoms with Gasteiger partial charge in [-0.05, 0) is 31.5 Å². The molecule has 1 aliphatic heterocycles. The smallest absolute Gasteiger partial charge is 0.131 e. The van der Waals surface area contributed by atoms with Crippen molar-refractivity contribution in [1.82, 2.24) is 5.32 Å². The Morgan fingerprint density at radius 1 is 0.952 bits per heavy atom. The SMILES string of the molecule is CCCNC(CC)C1c2ccccc2Oc2ccccc21. The van der Waals surface area contributed by atoms with Gasteiger partial charge in [-0.2, -0.15) is 0 Å². The second kappa shape index (κ2) is 6.31. The Balaban J connectivity index is 2.05. The van der Waals surface area contributed by atoms with E-state index in [-0.39, 0.29) is 0 Å². The first-order valence-corrected chi connectivity index (χ1v) is 7.94. The van der Waals surface area contributed by atoms with E-state index in [1.807, 2.05) is 12.1 Å². The van der Waals surface area contributed by atoms with Crippen molar-refractivity contribution in [2.24, 2.45) is 0 Å². The second-order valence-corrected chi connectivity index (χ2v) is 5.62. The van der Waals surface area contributed by atoms with E-state index in [2.05, 4.69) is 55.6 Å². The van der Waals surface area contributed by atoms with Crippen LogP contribution in [0.2, 0.25) is 0 Å². The highest BCUT2D eigenvalue weighted by Gasteiger charge is 2.31. The molecule has 0 fully saturated rings. The molecule has 0 radical (unpaired) electrons. The van der Waals surface area contributed by atoms with Crippen molar-refractivity contribution in [3.63, 3.8) is 0 Å². The van der Waals surface area contributed by atoms with Gasteiger partial charge in [0.2, 0.25) is 0 Å². The number of ether oxygens (including phenoxy) is 1. The van der Waals surface area contributed by atoms with Crippen LogP contribution < -0.4 is 10.1 Å². The van der Waals surface area contributed by atoms with Gasteiger partial charge in [-0.25, -0.2) is 0 Å². The summed E-state index contributed by atoms with van der Waals surface area (Å²) in [7, 11) is 0. The van der Waals surface area contributed by atoms with Crippen LogP contribution in [0.15, 0.2) is 48.5 Å². The Hall–Kier alpha value is -1.80. The summed E-state index contributed by atoms with van der Waals surface area (Å²) in [5.41, 5.74) is 2.60. The third-order valence-corrected chi connectivity index (χ3v) is 4.23. The molecule has 0 spiro atoms. The standard InChI is InChI=1S/C19H23NO/c1-3-13-20-16(4-2)19-14-9-5-7-11-17(14)21-18-12-8-6-10-15(18)19/h5-12,16,19-20H,3-4,13H2,1-2H3. The van der Waals surface area contributed by atoms with Crippen molar-refractivity contribution in [3.05, 3.63) is 59.7 Å². The van der Waals surface area contributed by atoms with Crippen LogP contribution in [0.3, 0.4) is 0 Å². The summed E-state index contributed by atoms with van der Waals surface area (Å²) in [6.07, 6.45) is 2.26. The van der Waals surface area contributed by atoms with E-state index in [0.29, 0.717) is 12.0 Å². The van der Waals surface area contributed by atoms with Crippen molar-refractivity contribution >= 4 is 0 Å². The molecule has 0 aromatic heterocycles. The molecule has 3 rings (SSSR count). The Kier molecular flexibility index (Phi) is 4.26. The molecule has 2 nitrogen and oxygen atoms in total. The molecule has 1 N–H and O–H groups in total. The number of rotatable bonds is 5. The molecule has 0 amide bonds. The first-order valence-electron chi connectivity index (χ1n) is 7.94. The van der Waals surface area contributed by atoms with Gasteiger partial charge < -0.3 is 10.1 Å². The Bertz CT molecular complexity index is 563. The predicted octanol–water partition coefficient (Wildman–Crippen LogP) is 4.70. The summed E-state index contributed by atoms with van der Waals surface area (Å²) in [6.45, 7) is 5.53. The highest BCUT2D eigenvalue weighted by molar-refractivity contribution is 5.54. The van der Waals surface area contributed by atoms with E-state index in [1.54, 1.807) is 0 Å². The lowest BCUT2D eigenvalue weighted by molar-refractivity contribution is 0.395. The van der Waals surface area contributed by atoms with E-state index in [9.17, 15) is 0 Å². The van der Waals surface area contributed by atoms with Gasteiger partial charge >= 0.3 is 0 Å². The van der Waals surface area contributed by atoms with Crippen LogP contribution in [0.25, 0.3) is 0 Å². The van der Waals surface area contributed by atoms with Crippen molar-refractivity contribution in [2.75, 3.05) is 6.54 Å². The zero-order valence-corrected chi connectivity index (χ0v) is 12.8. The van der Waals surface area contributed by atoms with E-state index < -0.39 is 0 Å². The Labute approximate surface area is 127 Å². The van der Waals surface area contributed by atoms with Crippen LogP contribution in [0, 0.1) is 0 Å². The average molecular weight is 281 g/mol. The molecule has 110 valence electrons. The summed E-state index contributed by atoms with van der Waals surface area (Å²) in [5, 5.41) is 3.72. The van der Waals surface area contributed by atoms with Crippen LogP contribution in [-0.4, -0.2) is 12.6 Å². The number of fused-ring (bicyclic) bond motifs is 2. The Morgan fingerprint density at radius 2 is 1.52 bits per heavy atom. The third kappa shape index (κ3) is 2.68. The minimum Gasteiger partial charge on any atom is -0.457 e. The van der Waals surface area contributed by atoms with Gasteiger partial charge in [0.25, 0.3) is 0 Å². The zero-order chi connectivity index (χ0) is 14.7. The highest BCUT2D eigenvalue weighted by atomic mass is 16.5. The zero-order valence-electron chi connectivity index (χ0n) is 12.8. The Morgan fingerprint density at radius 3 is 2.05 bits per heavy atom. The fourth-order valence-electron chi connectivity index (χ4n) is 3.21. The van der Waals surface area contributed by atoms with Crippen LogP contribution >= 0.6 is 0 Å². The quantitative estimate of drug-likeness (QED) is 0.857. The molecule has 2 aromatic carbocycles. The largest absolute Gasteiger partial charge is 0.457 e. The topological polar surface area (TPSA) is 21.3 Å². The maximum absolute atomic E-state index is 6.08. The van der Waals surface area contributed by atoms with Gasteiger partial charge in [0, 0.05) is 23.1 Å². The average Bonchev–Trinajstić information content (AvgIpc) is 2.54. The predicted molar refractivity (Wildman–Crippen MR) is 87.2 cm³/mol. The summed E-state index contributed by atoms with van der Waals surface area (Å²) >= 11 is 0. The fraction of sp³-hybridized carbons (Fsp3) is 0.368. The molecule has 0 bridgehead atoms. The van der Waals surface area contributed by atoms with E-state index in [1.165, 1.54) is 11.1 Å². The molecule has 21 heavy (non-hydrogen) atoms.